The van der Waals surface area contributed by atoms with Crippen molar-refractivity contribution in [2.24, 2.45) is 0 Å². The van der Waals surface area contributed by atoms with E-state index in [0.29, 0.717) is 40.3 Å². The SMILES string of the molecule is CCCCCOc1cccc(C2c3c(oc4ccccc4c3=O)C(=O)N2c2cccc(OC)c2)c1. The maximum Gasteiger partial charge on any atom is 0.295 e. The van der Waals surface area contributed by atoms with Gasteiger partial charge < -0.3 is 13.9 Å². The van der Waals surface area contributed by atoms with Crippen molar-refractivity contribution in [2.75, 3.05) is 18.6 Å². The highest BCUT2D eigenvalue weighted by Gasteiger charge is 2.43. The highest BCUT2D eigenvalue weighted by molar-refractivity contribution is 6.10. The molecule has 0 aliphatic carbocycles. The van der Waals surface area contributed by atoms with Crippen molar-refractivity contribution in [3.8, 4) is 11.5 Å². The van der Waals surface area contributed by atoms with Gasteiger partial charge in [0.15, 0.2) is 5.43 Å². The summed E-state index contributed by atoms with van der Waals surface area (Å²) in [5.74, 6) is 1.02. The van der Waals surface area contributed by atoms with Crippen LogP contribution in [0.2, 0.25) is 0 Å². The number of methoxy groups -OCH3 is 1. The molecule has 0 bridgehead atoms. The summed E-state index contributed by atoms with van der Waals surface area (Å²) in [5, 5.41) is 0.448. The van der Waals surface area contributed by atoms with Crippen LogP contribution in [-0.4, -0.2) is 19.6 Å². The molecule has 3 aromatic carbocycles. The second kappa shape index (κ2) is 9.66. The number of nitrogens with zero attached hydrogens (tertiary/aromatic N) is 1. The molecule has 178 valence electrons. The van der Waals surface area contributed by atoms with Crippen molar-refractivity contribution in [3.05, 3.63) is 99.9 Å². The normalized spacial score (nSPS) is 14.9. The fourth-order valence-electron chi connectivity index (χ4n) is 4.58. The number of rotatable bonds is 8. The molecule has 1 unspecified atom stereocenters. The summed E-state index contributed by atoms with van der Waals surface area (Å²) in [6.07, 6.45) is 3.18. The lowest BCUT2D eigenvalue weighted by Gasteiger charge is -2.26. The molecule has 35 heavy (non-hydrogen) atoms. The number of carbonyl (C=O) groups is 1. The highest BCUT2D eigenvalue weighted by atomic mass is 16.5. The van der Waals surface area contributed by atoms with Crippen LogP contribution in [0.4, 0.5) is 5.69 Å². The minimum Gasteiger partial charge on any atom is -0.497 e. The average Bonchev–Trinajstić information content (AvgIpc) is 3.19. The molecule has 0 saturated heterocycles. The third-order valence-corrected chi connectivity index (χ3v) is 6.30. The Balaban J connectivity index is 1.66. The van der Waals surface area contributed by atoms with E-state index in [9.17, 15) is 9.59 Å². The van der Waals surface area contributed by atoms with E-state index >= 15 is 0 Å². The summed E-state index contributed by atoms with van der Waals surface area (Å²) in [6.45, 7) is 2.77. The van der Waals surface area contributed by atoms with Crippen LogP contribution in [0, 0.1) is 0 Å². The summed E-state index contributed by atoms with van der Waals surface area (Å²) < 4.78 is 17.4. The molecule has 2 heterocycles. The van der Waals surface area contributed by atoms with Gasteiger partial charge in [-0.15, -0.1) is 0 Å². The van der Waals surface area contributed by atoms with E-state index in [4.69, 9.17) is 13.9 Å². The number of benzene rings is 3. The van der Waals surface area contributed by atoms with Gasteiger partial charge in [0.2, 0.25) is 5.76 Å². The molecule has 5 rings (SSSR count). The Labute approximate surface area is 203 Å². The van der Waals surface area contributed by atoms with Crippen molar-refractivity contribution in [3.63, 3.8) is 0 Å². The Bertz CT molecular complexity index is 1440. The lowest BCUT2D eigenvalue weighted by molar-refractivity contribution is 0.0971. The highest BCUT2D eigenvalue weighted by Crippen LogP contribution is 2.42. The van der Waals surface area contributed by atoms with Crippen molar-refractivity contribution < 1.29 is 18.7 Å². The summed E-state index contributed by atoms with van der Waals surface area (Å²) in [5.41, 5.74) is 1.90. The van der Waals surface area contributed by atoms with Crippen LogP contribution in [0.5, 0.6) is 11.5 Å². The standard InChI is InChI=1S/C29H27NO5/c1-3-4-7-16-34-22-13-8-10-19(17-22)26-25-27(31)23-14-5-6-15-24(23)35-28(25)29(32)30(26)20-11-9-12-21(18-20)33-2/h5-6,8-15,17-18,26H,3-4,7,16H2,1-2H3. The Morgan fingerprint density at radius 2 is 1.71 bits per heavy atom. The minimum absolute atomic E-state index is 0.0655. The topological polar surface area (TPSA) is 69.0 Å². The van der Waals surface area contributed by atoms with Gasteiger partial charge in [0.05, 0.1) is 30.7 Å². The second-order valence-corrected chi connectivity index (χ2v) is 8.58. The van der Waals surface area contributed by atoms with Gasteiger partial charge in [0.25, 0.3) is 5.91 Å². The Morgan fingerprint density at radius 1 is 0.914 bits per heavy atom. The van der Waals surface area contributed by atoms with E-state index in [2.05, 4.69) is 6.92 Å². The molecule has 6 nitrogen and oxygen atoms in total. The molecule has 0 spiro atoms. The summed E-state index contributed by atoms with van der Waals surface area (Å²) in [7, 11) is 1.58. The van der Waals surface area contributed by atoms with Gasteiger partial charge in [-0.05, 0) is 48.4 Å². The van der Waals surface area contributed by atoms with Gasteiger partial charge in [-0.1, -0.05) is 50.1 Å². The first kappa shape index (κ1) is 22.7. The number of carbonyl (C=O) groups excluding carboxylic acids is 1. The van der Waals surface area contributed by atoms with E-state index in [1.807, 2.05) is 42.5 Å². The molecule has 1 atom stereocenters. The Hall–Kier alpha value is -4.06. The van der Waals surface area contributed by atoms with E-state index in [1.54, 1.807) is 42.3 Å². The fraction of sp³-hybridized carbons (Fsp3) is 0.241. The largest absolute Gasteiger partial charge is 0.497 e. The van der Waals surface area contributed by atoms with Gasteiger partial charge in [-0.3, -0.25) is 14.5 Å². The molecular formula is C29H27NO5. The molecule has 0 fully saturated rings. The molecular weight excluding hydrogens is 442 g/mol. The van der Waals surface area contributed by atoms with Crippen molar-refractivity contribution in [2.45, 2.75) is 32.2 Å². The van der Waals surface area contributed by atoms with Gasteiger partial charge in [-0.2, -0.15) is 0 Å². The third-order valence-electron chi connectivity index (χ3n) is 6.30. The number of anilines is 1. The van der Waals surface area contributed by atoms with E-state index in [-0.39, 0.29) is 17.1 Å². The van der Waals surface area contributed by atoms with Gasteiger partial charge in [-0.25, -0.2) is 0 Å². The van der Waals surface area contributed by atoms with Crippen LogP contribution in [0.3, 0.4) is 0 Å². The lowest BCUT2D eigenvalue weighted by Crippen LogP contribution is -2.29. The zero-order chi connectivity index (χ0) is 24.4. The van der Waals surface area contributed by atoms with Crippen LogP contribution >= 0.6 is 0 Å². The average molecular weight is 470 g/mol. The van der Waals surface area contributed by atoms with Gasteiger partial charge in [0.1, 0.15) is 17.1 Å². The van der Waals surface area contributed by atoms with Crippen LogP contribution in [0.25, 0.3) is 11.0 Å². The second-order valence-electron chi connectivity index (χ2n) is 8.58. The fourth-order valence-corrected chi connectivity index (χ4v) is 4.58. The number of amides is 1. The zero-order valence-corrected chi connectivity index (χ0v) is 19.8. The molecule has 0 radical (unpaired) electrons. The van der Waals surface area contributed by atoms with Crippen LogP contribution in [0.15, 0.2) is 82.0 Å². The van der Waals surface area contributed by atoms with E-state index in [0.717, 1.165) is 24.8 Å². The summed E-state index contributed by atoms with van der Waals surface area (Å²) in [6, 6.07) is 21.2. The van der Waals surface area contributed by atoms with Gasteiger partial charge >= 0.3 is 0 Å². The first-order valence-electron chi connectivity index (χ1n) is 11.9. The molecule has 1 aliphatic heterocycles. The quantitative estimate of drug-likeness (QED) is 0.291. The molecule has 4 aromatic rings. The minimum atomic E-state index is -0.662. The smallest absolute Gasteiger partial charge is 0.295 e. The van der Waals surface area contributed by atoms with Crippen LogP contribution in [0.1, 0.15) is 53.9 Å². The molecule has 0 saturated carbocycles. The van der Waals surface area contributed by atoms with E-state index in [1.165, 1.54) is 0 Å². The molecule has 0 N–H and O–H groups in total. The van der Waals surface area contributed by atoms with Crippen molar-refractivity contribution in [1.29, 1.82) is 0 Å². The predicted octanol–water partition coefficient (Wildman–Crippen LogP) is 6.12. The summed E-state index contributed by atoms with van der Waals surface area (Å²) >= 11 is 0. The van der Waals surface area contributed by atoms with Crippen molar-refractivity contribution in [1.82, 2.24) is 0 Å². The molecule has 1 aromatic heterocycles. The number of hydrogen-bond acceptors (Lipinski definition) is 5. The maximum atomic E-state index is 13.7. The third kappa shape index (κ3) is 4.16. The molecule has 1 aliphatic rings. The number of para-hydroxylation sites is 1. The maximum absolute atomic E-state index is 13.7. The Kier molecular flexibility index (Phi) is 6.27. The Morgan fingerprint density at radius 3 is 2.54 bits per heavy atom. The number of unbranched alkanes of at least 4 members (excludes halogenated alkanes) is 2. The summed E-state index contributed by atoms with van der Waals surface area (Å²) in [4.78, 5) is 29.0. The monoisotopic (exact) mass is 469 g/mol. The van der Waals surface area contributed by atoms with Crippen LogP contribution < -0.4 is 19.8 Å². The first-order chi connectivity index (χ1) is 17.1. The van der Waals surface area contributed by atoms with E-state index < -0.39 is 6.04 Å². The lowest BCUT2D eigenvalue weighted by atomic mass is 9.98. The number of fused-ring (bicyclic) bond motifs is 2. The van der Waals surface area contributed by atoms with Crippen molar-refractivity contribution >= 4 is 22.6 Å². The zero-order valence-electron chi connectivity index (χ0n) is 19.8. The number of ether oxygens (including phenoxy) is 2. The molecule has 6 heteroatoms. The van der Waals surface area contributed by atoms with Crippen LogP contribution in [-0.2, 0) is 0 Å². The van der Waals surface area contributed by atoms with Gasteiger partial charge in [0, 0.05) is 11.8 Å². The number of hydrogen-bond donors (Lipinski definition) is 0. The predicted molar refractivity (Wildman–Crippen MR) is 136 cm³/mol. The molecule has 1 amide bonds. The first-order valence-corrected chi connectivity index (χ1v) is 11.9.